The molecule has 7 heteroatoms. The molecule has 0 bridgehead atoms. The molecule has 0 aliphatic carbocycles. The smallest absolute Gasteiger partial charge is 0.410 e. The monoisotopic (exact) mass is 359 g/mol. The van der Waals surface area contributed by atoms with Gasteiger partial charge < -0.3 is 19.5 Å². The molecule has 0 unspecified atom stereocenters. The molecule has 2 atom stereocenters. The van der Waals surface area contributed by atoms with Crippen molar-refractivity contribution >= 4 is 17.7 Å². The van der Waals surface area contributed by atoms with Crippen LogP contribution in [0.3, 0.4) is 0 Å². The first-order valence-electron chi connectivity index (χ1n) is 7.86. The zero-order valence-corrected chi connectivity index (χ0v) is 14.8. The summed E-state index contributed by atoms with van der Waals surface area (Å²) in [5.74, 6) is -0.928. The molecule has 0 aromatic heterocycles. The second kappa shape index (κ2) is 7.68. The fourth-order valence-corrected chi connectivity index (χ4v) is 2.72. The van der Waals surface area contributed by atoms with Crippen LogP contribution in [0.15, 0.2) is 18.2 Å². The van der Waals surface area contributed by atoms with E-state index in [1.807, 2.05) is 0 Å². The van der Waals surface area contributed by atoms with Gasteiger partial charge >= 0.3 is 6.09 Å². The van der Waals surface area contributed by atoms with Gasteiger partial charge in [0.2, 0.25) is 0 Å². The van der Waals surface area contributed by atoms with Gasteiger partial charge in [0.25, 0.3) is 0 Å². The van der Waals surface area contributed by atoms with E-state index in [0.717, 1.165) is 0 Å². The van der Waals surface area contributed by atoms with Crippen molar-refractivity contribution in [3.05, 3.63) is 34.6 Å². The normalized spacial score (nSPS) is 22.2. The Hall–Kier alpha value is -1.37. The van der Waals surface area contributed by atoms with Crippen LogP contribution in [0.1, 0.15) is 32.4 Å². The standard InChI is InChI=1S/C17H23ClFNO4/c1-17(2,3)24-16(22)20-6-7-23-15(12(9-20)10-21)11-4-5-13(18)14(19)8-11/h4-5,8,12,15,21H,6-7,9-10H2,1-3H3/t12-,15+/m1/s1. The van der Waals surface area contributed by atoms with E-state index in [9.17, 15) is 14.3 Å². The Morgan fingerprint density at radius 1 is 1.50 bits per heavy atom. The number of aliphatic hydroxyl groups is 1. The van der Waals surface area contributed by atoms with Gasteiger partial charge in [0, 0.05) is 19.0 Å². The van der Waals surface area contributed by atoms with E-state index in [1.54, 1.807) is 26.8 Å². The lowest BCUT2D eigenvalue weighted by Gasteiger charge is -2.28. The van der Waals surface area contributed by atoms with E-state index in [2.05, 4.69) is 0 Å². The minimum Gasteiger partial charge on any atom is -0.444 e. The summed E-state index contributed by atoms with van der Waals surface area (Å²) in [6.07, 6.45) is -0.971. The van der Waals surface area contributed by atoms with E-state index in [4.69, 9.17) is 21.1 Å². The molecule has 134 valence electrons. The Balaban J connectivity index is 2.16. The number of carbonyl (C=O) groups excluding carboxylic acids is 1. The molecule has 1 aliphatic heterocycles. The van der Waals surface area contributed by atoms with Crippen LogP contribution in [0.4, 0.5) is 9.18 Å². The maximum atomic E-state index is 13.7. The minimum atomic E-state index is -0.600. The first kappa shape index (κ1) is 19.0. The number of nitrogens with zero attached hydrogens (tertiary/aromatic N) is 1. The molecule has 1 heterocycles. The average molecular weight is 360 g/mol. The minimum absolute atomic E-state index is 0.0308. The SMILES string of the molecule is CC(C)(C)OC(=O)N1CCO[C@@H](c2ccc(Cl)c(F)c2)[C@@H](CO)C1. The highest BCUT2D eigenvalue weighted by atomic mass is 35.5. The highest BCUT2D eigenvalue weighted by molar-refractivity contribution is 6.30. The van der Waals surface area contributed by atoms with E-state index in [0.29, 0.717) is 12.1 Å². The Morgan fingerprint density at radius 2 is 2.21 bits per heavy atom. The molecular formula is C17H23ClFNO4. The number of amides is 1. The van der Waals surface area contributed by atoms with E-state index in [-0.39, 0.29) is 30.7 Å². The second-order valence-electron chi connectivity index (χ2n) is 6.83. The maximum absolute atomic E-state index is 13.7. The molecule has 0 spiro atoms. The lowest BCUT2D eigenvalue weighted by molar-refractivity contribution is 0.0106. The molecular weight excluding hydrogens is 337 g/mol. The summed E-state index contributed by atoms with van der Waals surface area (Å²) in [6, 6.07) is 4.43. The van der Waals surface area contributed by atoms with Crippen molar-refractivity contribution in [3.63, 3.8) is 0 Å². The molecule has 0 radical (unpaired) electrons. The van der Waals surface area contributed by atoms with Crippen LogP contribution in [-0.4, -0.2) is 48.0 Å². The molecule has 24 heavy (non-hydrogen) atoms. The lowest BCUT2D eigenvalue weighted by Crippen LogP contribution is -2.40. The summed E-state index contributed by atoms with van der Waals surface area (Å²) < 4.78 is 24.9. The van der Waals surface area contributed by atoms with Crippen molar-refractivity contribution in [3.8, 4) is 0 Å². The molecule has 1 aromatic rings. The summed E-state index contributed by atoms with van der Waals surface area (Å²) in [4.78, 5) is 13.8. The highest BCUT2D eigenvalue weighted by Crippen LogP contribution is 2.31. The van der Waals surface area contributed by atoms with Crippen molar-refractivity contribution in [1.82, 2.24) is 4.90 Å². The van der Waals surface area contributed by atoms with Crippen LogP contribution in [-0.2, 0) is 9.47 Å². The van der Waals surface area contributed by atoms with Crippen molar-refractivity contribution in [2.75, 3.05) is 26.3 Å². The van der Waals surface area contributed by atoms with Crippen LogP contribution in [0.2, 0.25) is 5.02 Å². The van der Waals surface area contributed by atoms with Crippen LogP contribution in [0.25, 0.3) is 0 Å². The number of benzene rings is 1. The maximum Gasteiger partial charge on any atom is 0.410 e. The van der Waals surface area contributed by atoms with Crippen LogP contribution < -0.4 is 0 Å². The second-order valence-corrected chi connectivity index (χ2v) is 7.24. The predicted octanol–water partition coefficient (Wildman–Crippen LogP) is 3.40. The lowest BCUT2D eigenvalue weighted by atomic mass is 9.96. The van der Waals surface area contributed by atoms with Crippen molar-refractivity contribution < 1.29 is 23.8 Å². The first-order valence-corrected chi connectivity index (χ1v) is 8.24. The largest absolute Gasteiger partial charge is 0.444 e. The third kappa shape index (κ3) is 4.82. The summed E-state index contributed by atoms with van der Waals surface area (Å²) >= 11 is 5.71. The summed E-state index contributed by atoms with van der Waals surface area (Å²) in [7, 11) is 0. The van der Waals surface area contributed by atoms with Gasteiger partial charge in [-0.2, -0.15) is 0 Å². The number of rotatable bonds is 2. The summed E-state index contributed by atoms with van der Waals surface area (Å²) in [5.41, 5.74) is -0.0144. The molecule has 1 saturated heterocycles. The molecule has 5 nitrogen and oxygen atoms in total. The van der Waals surface area contributed by atoms with Crippen molar-refractivity contribution in [2.45, 2.75) is 32.5 Å². The van der Waals surface area contributed by atoms with E-state index in [1.165, 1.54) is 17.0 Å². The molecule has 1 aliphatic rings. The molecule has 0 saturated carbocycles. The quantitative estimate of drug-likeness (QED) is 0.879. The Kier molecular flexibility index (Phi) is 6.06. The molecule has 2 rings (SSSR count). The average Bonchev–Trinajstić information content (AvgIpc) is 2.70. The zero-order valence-electron chi connectivity index (χ0n) is 14.1. The Labute approximate surface area is 146 Å². The number of ether oxygens (including phenoxy) is 2. The van der Waals surface area contributed by atoms with Gasteiger partial charge in [-0.1, -0.05) is 17.7 Å². The van der Waals surface area contributed by atoms with Gasteiger partial charge in [0.05, 0.1) is 24.3 Å². The van der Waals surface area contributed by atoms with Crippen molar-refractivity contribution in [1.29, 1.82) is 0 Å². The molecule has 1 fully saturated rings. The van der Waals surface area contributed by atoms with Gasteiger partial charge in [-0.05, 0) is 38.5 Å². The van der Waals surface area contributed by atoms with Gasteiger partial charge in [0.1, 0.15) is 11.4 Å². The summed E-state index contributed by atoms with van der Waals surface area (Å²) in [5, 5.41) is 9.76. The van der Waals surface area contributed by atoms with Crippen LogP contribution >= 0.6 is 11.6 Å². The number of hydrogen-bond donors (Lipinski definition) is 1. The Morgan fingerprint density at radius 3 is 2.79 bits per heavy atom. The topological polar surface area (TPSA) is 59.0 Å². The zero-order chi connectivity index (χ0) is 17.9. The third-order valence-corrected chi connectivity index (χ3v) is 4.01. The fourth-order valence-electron chi connectivity index (χ4n) is 2.60. The summed E-state index contributed by atoms with van der Waals surface area (Å²) in [6.45, 7) is 6.06. The van der Waals surface area contributed by atoms with Crippen molar-refractivity contribution in [2.24, 2.45) is 5.92 Å². The molecule has 1 amide bonds. The predicted molar refractivity (Wildman–Crippen MR) is 88.5 cm³/mol. The van der Waals surface area contributed by atoms with Crippen LogP contribution in [0, 0.1) is 11.7 Å². The number of carbonyl (C=O) groups is 1. The fraction of sp³-hybridized carbons (Fsp3) is 0.588. The number of hydrogen-bond acceptors (Lipinski definition) is 4. The third-order valence-electron chi connectivity index (χ3n) is 3.70. The van der Waals surface area contributed by atoms with Gasteiger partial charge in [0.15, 0.2) is 0 Å². The number of aliphatic hydroxyl groups excluding tert-OH is 1. The van der Waals surface area contributed by atoms with Crippen LogP contribution in [0.5, 0.6) is 0 Å². The van der Waals surface area contributed by atoms with Gasteiger partial charge in [-0.15, -0.1) is 0 Å². The van der Waals surface area contributed by atoms with E-state index < -0.39 is 23.6 Å². The molecule has 1 aromatic carbocycles. The number of halogens is 2. The Bertz CT molecular complexity index is 590. The molecule has 1 N–H and O–H groups in total. The first-order chi connectivity index (χ1) is 11.2. The highest BCUT2D eigenvalue weighted by Gasteiger charge is 2.33. The van der Waals surface area contributed by atoms with E-state index >= 15 is 0 Å². The van der Waals surface area contributed by atoms with Gasteiger partial charge in [-0.25, -0.2) is 9.18 Å². The van der Waals surface area contributed by atoms with Gasteiger partial charge in [-0.3, -0.25) is 0 Å².